The molecule has 0 aliphatic rings. The van der Waals surface area contributed by atoms with Crippen molar-refractivity contribution in [2.75, 3.05) is 18.7 Å². The summed E-state index contributed by atoms with van der Waals surface area (Å²) in [7, 11) is -3.55. The highest BCUT2D eigenvalue weighted by Crippen LogP contribution is 2.44. The molecule has 0 saturated carbocycles. The van der Waals surface area contributed by atoms with Gasteiger partial charge in [-0.05, 0) is 19.4 Å². The second kappa shape index (κ2) is 10.5. The number of ether oxygens (including phenoxy) is 1. The van der Waals surface area contributed by atoms with Crippen molar-refractivity contribution in [2.45, 2.75) is 33.0 Å². The Balaban J connectivity index is 1.63. The summed E-state index contributed by atoms with van der Waals surface area (Å²) in [5.41, 5.74) is 6.82. The summed E-state index contributed by atoms with van der Waals surface area (Å²) in [6.07, 6.45) is 1.15. The quantitative estimate of drug-likeness (QED) is 0.216. The number of ketones is 1. The van der Waals surface area contributed by atoms with Gasteiger partial charge in [-0.1, -0.05) is 24.3 Å². The fourth-order valence-corrected chi connectivity index (χ4v) is 4.55. The van der Waals surface area contributed by atoms with Gasteiger partial charge in [0.15, 0.2) is 16.9 Å². The smallest absolute Gasteiger partial charge is 0.295 e. The molecule has 0 aliphatic heterocycles. The fourth-order valence-electron chi connectivity index (χ4n) is 2.83. The van der Waals surface area contributed by atoms with Gasteiger partial charge in [0.1, 0.15) is 12.1 Å². The van der Waals surface area contributed by atoms with E-state index in [2.05, 4.69) is 24.9 Å². The third-order valence-corrected chi connectivity index (χ3v) is 6.59. The molecule has 2 aromatic heterocycles. The highest BCUT2D eigenvalue weighted by Gasteiger charge is 2.27. The summed E-state index contributed by atoms with van der Waals surface area (Å²) < 4.78 is 26.2. The van der Waals surface area contributed by atoms with Gasteiger partial charge in [0.25, 0.3) is 13.1 Å². The number of rotatable bonds is 11. The van der Waals surface area contributed by atoms with Crippen molar-refractivity contribution in [3.8, 4) is 0 Å². The van der Waals surface area contributed by atoms with E-state index in [1.54, 1.807) is 35.8 Å². The van der Waals surface area contributed by atoms with Crippen LogP contribution < -0.4 is 16.4 Å². The van der Waals surface area contributed by atoms with Crippen molar-refractivity contribution in [1.29, 1.82) is 0 Å². The maximum Gasteiger partial charge on any atom is 0.295 e. The summed E-state index contributed by atoms with van der Waals surface area (Å²) in [5, 5.41) is 2.74. The minimum absolute atomic E-state index is 0.00861. The molecule has 0 bridgehead atoms. The first kappa shape index (κ1) is 24.3. The lowest BCUT2D eigenvalue weighted by molar-refractivity contribution is -0.118. The lowest BCUT2D eigenvalue weighted by Crippen LogP contribution is -2.32. The molecule has 1 aromatic carbocycles. The Labute approximate surface area is 189 Å². The molecule has 2 atom stereocenters. The van der Waals surface area contributed by atoms with E-state index in [-0.39, 0.29) is 43.4 Å². The molecule has 0 spiro atoms. The van der Waals surface area contributed by atoms with E-state index in [0.717, 1.165) is 5.56 Å². The van der Waals surface area contributed by atoms with E-state index in [0.29, 0.717) is 11.3 Å². The molecule has 0 saturated heterocycles. The Morgan fingerprint density at radius 1 is 1.39 bits per heavy atom. The Morgan fingerprint density at radius 2 is 2.12 bits per heavy atom. The number of hydrogen-bond donors (Lipinski definition) is 3. The number of benzene rings is 1. The minimum Gasteiger partial charge on any atom is -0.369 e. The van der Waals surface area contributed by atoms with Crippen LogP contribution in [0.25, 0.3) is 16.0 Å². The average Bonchev–Trinajstić information content (AvgIpc) is 3.18. The van der Waals surface area contributed by atoms with Crippen molar-refractivity contribution < 1.29 is 18.6 Å². The molecule has 13 heteroatoms. The van der Waals surface area contributed by atoms with Gasteiger partial charge >= 0.3 is 0 Å². The number of Topliss-reactive ketones (excluding diaryl/α,β-unsaturated/α-hetero) is 1. The van der Waals surface area contributed by atoms with E-state index in [1.165, 1.54) is 13.3 Å². The Morgan fingerprint density at radius 3 is 2.79 bits per heavy atom. The number of fused-ring (bicyclic) bond motifs is 1. The average molecular weight is 473 g/mol. The molecule has 0 amide bonds. The molecule has 174 valence electrons. The number of nitrogen functional groups attached to an aromatic ring is 1. The molecule has 0 fully saturated rings. The van der Waals surface area contributed by atoms with Crippen LogP contribution in [-0.4, -0.2) is 44.3 Å². The van der Waals surface area contributed by atoms with Crippen molar-refractivity contribution in [3.63, 3.8) is 0 Å². The molecular formula is C20H24N7O5P. The molecule has 2 heterocycles. The third-order valence-electron chi connectivity index (χ3n) is 4.74. The number of aromatic amines is 1. The van der Waals surface area contributed by atoms with E-state index in [9.17, 15) is 14.2 Å². The van der Waals surface area contributed by atoms with Gasteiger partial charge in [-0.3, -0.25) is 19.1 Å². The van der Waals surface area contributed by atoms with Crippen LogP contribution in [0.1, 0.15) is 19.4 Å². The lowest BCUT2D eigenvalue weighted by atomic mass is 10.2. The zero-order valence-corrected chi connectivity index (χ0v) is 19.0. The highest BCUT2D eigenvalue weighted by molar-refractivity contribution is 7.56. The lowest BCUT2D eigenvalue weighted by Gasteiger charge is -2.22. The second-order valence-corrected chi connectivity index (χ2v) is 9.41. The number of carbonyl (C=O) groups excluding carboxylic acids is 1. The molecule has 12 nitrogen and oxygen atoms in total. The normalized spacial score (nSPS) is 14.0. The van der Waals surface area contributed by atoms with Crippen molar-refractivity contribution >= 4 is 36.1 Å². The predicted octanol–water partition coefficient (Wildman–Crippen LogP) is 2.20. The van der Waals surface area contributed by atoms with Gasteiger partial charge in [-0.15, -0.1) is 0 Å². The molecular weight excluding hydrogens is 449 g/mol. The summed E-state index contributed by atoms with van der Waals surface area (Å²) in [5.74, 6) is -0.223. The summed E-state index contributed by atoms with van der Waals surface area (Å²) >= 11 is 0. The molecule has 2 unspecified atom stereocenters. The van der Waals surface area contributed by atoms with Crippen LogP contribution in [0, 0.1) is 6.57 Å². The van der Waals surface area contributed by atoms with Gasteiger partial charge in [0, 0.05) is 6.54 Å². The van der Waals surface area contributed by atoms with Crippen LogP contribution in [0.2, 0.25) is 0 Å². The van der Waals surface area contributed by atoms with E-state index in [1.807, 2.05) is 0 Å². The maximum absolute atomic E-state index is 13.3. The molecule has 3 aromatic rings. The highest BCUT2D eigenvalue weighted by atomic mass is 31.2. The first-order valence-corrected chi connectivity index (χ1v) is 11.8. The number of carbonyl (C=O) groups is 1. The zero-order chi connectivity index (χ0) is 24.0. The number of nitrogens with two attached hydrogens (primary N) is 1. The maximum atomic E-state index is 13.3. The number of aromatic nitrogens is 4. The van der Waals surface area contributed by atoms with Crippen LogP contribution in [0.15, 0.2) is 35.4 Å². The van der Waals surface area contributed by atoms with Gasteiger partial charge in [0.2, 0.25) is 5.95 Å². The molecule has 33 heavy (non-hydrogen) atoms. The molecule has 0 aliphatic carbocycles. The summed E-state index contributed by atoms with van der Waals surface area (Å²) in [4.78, 5) is 37.3. The number of imidazole rings is 1. The monoisotopic (exact) mass is 473 g/mol. The van der Waals surface area contributed by atoms with Crippen LogP contribution in [0.4, 0.5) is 11.6 Å². The van der Waals surface area contributed by atoms with Crippen molar-refractivity contribution in [1.82, 2.24) is 24.6 Å². The van der Waals surface area contributed by atoms with Crippen LogP contribution in [0.5, 0.6) is 0 Å². The number of hydrogen-bond acceptors (Lipinski definition) is 8. The van der Waals surface area contributed by atoms with Crippen LogP contribution >= 0.6 is 7.52 Å². The fraction of sp³-hybridized carbons (Fsp3) is 0.350. The molecule has 3 rings (SSSR count). The van der Waals surface area contributed by atoms with Gasteiger partial charge in [0.05, 0.1) is 32.2 Å². The summed E-state index contributed by atoms with van der Waals surface area (Å²) in [6, 6.07) is 6.00. The number of H-pyrrole nitrogens is 1. The van der Waals surface area contributed by atoms with Crippen molar-refractivity contribution in [3.05, 3.63) is 57.9 Å². The topological polar surface area (TPSA) is 159 Å². The zero-order valence-electron chi connectivity index (χ0n) is 18.1. The van der Waals surface area contributed by atoms with Crippen LogP contribution in [0.3, 0.4) is 0 Å². The number of anilines is 1. The van der Waals surface area contributed by atoms with Crippen molar-refractivity contribution in [2.24, 2.45) is 0 Å². The Hall–Kier alpha value is -3.36. The van der Waals surface area contributed by atoms with E-state index in [4.69, 9.17) is 21.6 Å². The van der Waals surface area contributed by atoms with E-state index < -0.39 is 19.1 Å². The second-order valence-electron chi connectivity index (χ2n) is 7.29. The molecule has 0 radical (unpaired) electrons. The van der Waals surface area contributed by atoms with Gasteiger partial charge in [-0.25, -0.2) is 14.9 Å². The minimum atomic E-state index is -3.55. The molecule has 4 N–H and O–H groups in total. The Kier molecular flexibility index (Phi) is 7.73. The van der Waals surface area contributed by atoms with Gasteiger partial charge < -0.3 is 19.6 Å². The first-order valence-electron chi connectivity index (χ1n) is 9.97. The predicted molar refractivity (Wildman–Crippen MR) is 122 cm³/mol. The first-order chi connectivity index (χ1) is 15.7. The Bertz CT molecular complexity index is 1280. The van der Waals surface area contributed by atoms with E-state index >= 15 is 0 Å². The van der Waals surface area contributed by atoms with Gasteiger partial charge in [-0.2, -0.15) is 4.98 Å². The summed E-state index contributed by atoms with van der Waals surface area (Å²) in [6.45, 7) is 10.4. The van der Waals surface area contributed by atoms with Crippen LogP contribution in [-0.2, 0) is 31.8 Å². The number of nitrogens with zero attached hydrogens (tertiary/aromatic N) is 4. The third kappa shape index (κ3) is 6.34. The number of nitrogens with one attached hydrogen (secondary N) is 2. The SMILES string of the molecule is [C-]#[N+]c1ccc(COP(=O)(COCCn2cnc3c(=O)[nH]c(N)nc32)NC(C)C(C)=O)cc1. The standard InChI is InChI=1S/C20H24N7O5P/c1-13(14(2)28)26-33(30,32-10-15-4-6-16(22-3)7-5-15)12-31-9-8-27-11-23-17-18(27)24-20(21)25-19(17)29/h4-7,11,13H,8-10,12H2,1-2H3,(H,26,30)(H3,21,24,25,29). The largest absolute Gasteiger partial charge is 0.369 e.